The SMILES string of the molecule is CC(C)(C)OC(=O)NCc1cccc(OC[C@@H]2C[C@@H](CC(=O)O)C(=O)N2CCCc2ccccc2)c1. The van der Waals surface area contributed by atoms with E-state index >= 15 is 0 Å². The zero-order valence-electron chi connectivity index (χ0n) is 21.2. The van der Waals surface area contributed by atoms with Crippen LogP contribution in [0.3, 0.4) is 0 Å². The largest absolute Gasteiger partial charge is 0.491 e. The van der Waals surface area contributed by atoms with Crippen molar-refractivity contribution in [2.45, 2.75) is 64.6 Å². The molecule has 0 bridgehead atoms. The fourth-order valence-electron chi connectivity index (χ4n) is 4.33. The number of nitrogens with zero attached hydrogens (tertiary/aromatic N) is 1. The zero-order chi connectivity index (χ0) is 26.1. The molecule has 8 heteroatoms. The van der Waals surface area contributed by atoms with E-state index in [1.807, 2.05) is 42.5 Å². The summed E-state index contributed by atoms with van der Waals surface area (Å²) in [5.41, 5.74) is 1.49. The van der Waals surface area contributed by atoms with Gasteiger partial charge in [0.05, 0.1) is 18.4 Å². The van der Waals surface area contributed by atoms with E-state index in [1.165, 1.54) is 5.56 Å². The van der Waals surface area contributed by atoms with Crippen LogP contribution in [0.15, 0.2) is 54.6 Å². The second kappa shape index (κ2) is 12.4. The molecule has 36 heavy (non-hydrogen) atoms. The number of carboxylic acids is 1. The number of carbonyl (C=O) groups is 3. The molecular formula is C28H36N2O6. The summed E-state index contributed by atoms with van der Waals surface area (Å²) in [7, 11) is 0. The van der Waals surface area contributed by atoms with Gasteiger partial charge in [-0.3, -0.25) is 9.59 Å². The minimum absolute atomic E-state index is 0.116. The highest BCUT2D eigenvalue weighted by Crippen LogP contribution is 2.29. The molecule has 1 heterocycles. The predicted octanol–water partition coefficient (Wildman–Crippen LogP) is 4.41. The molecule has 0 radical (unpaired) electrons. The Morgan fingerprint density at radius 3 is 2.50 bits per heavy atom. The summed E-state index contributed by atoms with van der Waals surface area (Å²) < 4.78 is 11.3. The molecule has 0 aliphatic carbocycles. The van der Waals surface area contributed by atoms with E-state index < -0.39 is 23.6 Å². The molecule has 194 valence electrons. The number of aliphatic carboxylic acids is 1. The first-order valence-electron chi connectivity index (χ1n) is 12.4. The summed E-state index contributed by atoms with van der Waals surface area (Å²) in [5, 5.41) is 12.0. The third-order valence-corrected chi connectivity index (χ3v) is 5.93. The van der Waals surface area contributed by atoms with Crippen molar-refractivity contribution in [2.75, 3.05) is 13.2 Å². The highest BCUT2D eigenvalue weighted by molar-refractivity contribution is 5.85. The number of hydrogen-bond acceptors (Lipinski definition) is 5. The van der Waals surface area contributed by atoms with Crippen molar-refractivity contribution in [1.82, 2.24) is 10.2 Å². The fraction of sp³-hybridized carbons (Fsp3) is 0.464. The second-order valence-corrected chi connectivity index (χ2v) is 10.1. The third-order valence-electron chi connectivity index (χ3n) is 5.93. The summed E-state index contributed by atoms with van der Waals surface area (Å²) in [6.45, 7) is 6.54. The molecule has 0 spiro atoms. The van der Waals surface area contributed by atoms with Gasteiger partial charge in [-0.05, 0) is 63.3 Å². The van der Waals surface area contributed by atoms with Crippen molar-refractivity contribution in [2.24, 2.45) is 5.92 Å². The molecule has 0 aromatic heterocycles. The van der Waals surface area contributed by atoms with Gasteiger partial charge in [0.15, 0.2) is 0 Å². The lowest BCUT2D eigenvalue weighted by Crippen LogP contribution is -2.38. The molecule has 1 aliphatic heterocycles. The number of rotatable bonds is 11. The maximum Gasteiger partial charge on any atom is 0.407 e. The molecule has 2 aromatic carbocycles. The standard InChI is InChI=1S/C28H36N2O6/c1-28(2,3)36-27(34)29-18-21-11-7-13-24(15-21)35-19-23-16-22(17-25(31)32)26(33)30(23)14-8-12-20-9-5-4-6-10-20/h4-7,9-11,13,15,22-23H,8,12,14,16-19H2,1-3H3,(H,29,34)(H,31,32)/t22-,23-/m0/s1. The number of alkyl carbamates (subject to hydrolysis) is 1. The Morgan fingerprint density at radius 1 is 1.08 bits per heavy atom. The Kier molecular flexibility index (Phi) is 9.33. The Morgan fingerprint density at radius 2 is 1.81 bits per heavy atom. The lowest BCUT2D eigenvalue weighted by atomic mass is 10.0. The topological polar surface area (TPSA) is 105 Å². The van der Waals surface area contributed by atoms with Crippen molar-refractivity contribution in [1.29, 1.82) is 0 Å². The van der Waals surface area contributed by atoms with E-state index in [-0.39, 0.29) is 25.0 Å². The smallest absolute Gasteiger partial charge is 0.407 e. The van der Waals surface area contributed by atoms with Crippen LogP contribution in [0.25, 0.3) is 0 Å². The van der Waals surface area contributed by atoms with Crippen LogP contribution in [0.4, 0.5) is 4.79 Å². The van der Waals surface area contributed by atoms with Crippen LogP contribution in [-0.4, -0.2) is 52.8 Å². The predicted molar refractivity (Wildman–Crippen MR) is 136 cm³/mol. The van der Waals surface area contributed by atoms with Gasteiger partial charge in [0.2, 0.25) is 5.91 Å². The molecule has 2 atom stereocenters. The molecule has 0 unspecified atom stereocenters. The lowest BCUT2D eigenvalue weighted by molar-refractivity contribution is -0.142. The molecule has 2 aromatic rings. The average Bonchev–Trinajstić information content (AvgIpc) is 3.10. The molecule has 0 saturated carbocycles. The molecule has 2 amide bonds. The number of nitrogens with one attached hydrogen (secondary N) is 1. The van der Waals surface area contributed by atoms with Gasteiger partial charge in [-0.25, -0.2) is 4.79 Å². The highest BCUT2D eigenvalue weighted by Gasteiger charge is 2.40. The Labute approximate surface area is 212 Å². The molecule has 1 saturated heterocycles. The quantitative estimate of drug-likeness (QED) is 0.477. The van der Waals surface area contributed by atoms with Gasteiger partial charge in [0.1, 0.15) is 18.0 Å². The van der Waals surface area contributed by atoms with E-state index in [1.54, 1.807) is 25.7 Å². The molecule has 2 N–H and O–H groups in total. The Hall–Kier alpha value is -3.55. The normalized spacial score (nSPS) is 17.6. The number of ether oxygens (including phenoxy) is 2. The number of amides is 2. The van der Waals surface area contributed by atoms with Crippen LogP contribution >= 0.6 is 0 Å². The van der Waals surface area contributed by atoms with Crippen LogP contribution in [0.2, 0.25) is 0 Å². The molecule has 3 rings (SSSR count). The van der Waals surface area contributed by atoms with E-state index in [2.05, 4.69) is 17.4 Å². The molecule has 1 aliphatic rings. The van der Waals surface area contributed by atoms with Gasteiger partial charge < -0.3 is 24.8 Å². The monoisotopic (exact) mass is 496 g/mol. The van der Waals surface area contributed by atoms with Crippen molar-refractivity contribution in [3.63, 3.8) is 0 Å². The van der Waals surface area contributed by atoms with Crippen LogP contribution < -0.4 is 10.1 Å². The van der Waals surface area contributed by atoms with Gasteiger partial charge in [0, 0.05) is 13.1 Å². The van der Waals surface area contributed by atoms with Crippen molar-refractivity contribution in [3.8, 4) is 5.75 Å². The Balaban J connectivity index is 1.57. The summed E-state index contributed by atoms with van der Waals surface area (Å²) in [5.74, 6) is -0.993. The van der Waals surface area contributed by atoms with E-state index in [0.29, 0.717) is 25.3 Å². The van der Waals surface area contributed by atoms with Crippen molar-refractivity contribution in [3.05, 3.63) is 65.7 Å². The van der Waals surface area contributed by atoms with E-state index in [4.69, 9.17) is 9.47 Å². The zero-order valence-corrected chi connectivity index (χ0v) is 21.2. The first-order chi connectivity index (χ1) is 17.1. The number of likely N-dealkylation sites (tertiary alicyclic amines) is 1. The fourth-order valence-corrected chi connectivity index (χ4v) is 4.33. The van der Waals surface area contributed by atoms with Crippen LogP contribution in [0, 0.1) is 5.92 Å². The number of hydrogen-bond donors (Lipinski definition) is 2. The second-order valence-electron chi connectivity index (χ2n) is 10.1. The minimum Gasteiger partial charge on any atom is -0.491 e. The maximum atomic E-state index is 13.0. The van der Waals surface area contributed by atoms with Crippen molar-refractivity contribution < 1.29 is 29.0 Å². The molecule has 1 fully saturated rings. The first-order valence-corrected chi connectivity index (χ1v) is 12.4. The van der Waals surface area contributed by atoms with Crippen molar-refractivity contribution >= 4 is 18.0 Å². The van der Waals surface area contributed by atoms with Gasteiger partial charge in [-0.1, -0.05) is 42.5 Å². The van der Waals surface area contributed by atoms with Gasteiger partial charge in [-0.2, -0.15) is 0 Å². The third kappa shape index (κ3) is 8.59. The summed E-state index contributed by atoms with van der Waals surface area (Å²) in [4.78, 5) is 37.9. The number of carbonyl (C=O) groups excluding carboxylic acids is 2. The van der Waals surface area contributed by atoms with Crippen LogP contribution in [0.5, 0.6) is 5.75 Å². The van der Waals surface area contributed by atoms with Gasteiger partial charge in [-0.15, -0.1) is 0 Å². The first kappa shape index (κ1) is 27.0. The summed E-state index contributed by atoms with van der Waals surface area (Å²) >= 11 is 0. The van der Waals surface area contributed by atoms with Gasteiger partial charge in [0.25, 0.3) is 0 Å². The van der Waals surface area contributed by atoms with E-state index in [9.17, 15) is 19.5 Å². The highest BCUT2D eigenvalue weighted by atomic mass is 16.6. The maximum absolute atomic E-state index is 13.0. The number of aryl methyl sites for hydroxylation is 1. The van der Waals surface area contributed by atoms with Crippen LogP contribution in [0.1, 0.15) is 51.2 Å². The van der Waals surface area contributed by atoms with Crippen LogP contribution in [-0.2, 0) is 27.3 Å². The number of benzene rings is 2. The van der Waals surface area contributed by atoms with E-state index in [0.717, 1.165) is 18.4 Å². The lowest BCUT2D eigenvalue weighted by Gasteiger charge is -2.25. The Bertz CT molecular complexity index is 1030. The minimum atomic E-state index is -0.968. The summed E-state index contributed by atoms with van der Waals surface area (Å²) in [6, 6.07) is 17.3. The number of carboxylic acid groups (broad SMARTS) is 1. The molecule has 8 nitrogen and oxygen atoms in total. The molecular weight excluding hydrogens is 460 g/mol. The summed E-state index contributed by atoms with van der Waals surface area (Å²) in [6.07, 6.45) is 1.42. The average molecular weight is 497 g/mol. The van der Waals surface area contributed by atoms with Gasteiger partial charge >= 0.3 is 12.1 Å².